The van der Waals surface area contributed by atoms with Crippen LogP contribution in [0.4, 0.5) is 0 Å². The van der Waals surface area contributed by atoms with Crippen LogP contribution in [0.1, 0.15) is 30.4 Å². The van der Waals surface area contributed by atoms with Gasteiger partial charge in [0, 0.05) is 5.92 Å². The third-order valence-electron chi connectivity index (χ3n) is 4.22. The van der Waals surface area contributed by atoms with Crippen LogP contribution in [0.2, 0.25) is 0 Å². The monoisotopic (exact) mass is 264 g/mol. The minimum atomic E-state index is -0.931. The molecule has 1 aliphatic carbocycles. The fourth-order valence-corrected chi connectivity index (χ4v) is 3.14. The van der Waals surface area contributed by atoms with Gasteiger partial charge in [0.1, 0.15) is 5.60 Å². The zero-order valence-electron chi connectivity index (χ0n) is 11.6. The molecule has 1 atom stereocenters. The highest BCUT2D eigenvalue weighted by molar-refractivity contribution is 5.38. The van der Waals surface area contributed by atoms with Crippen molar-refractivity contribution in [2.45, 2.75) is 24.9 Å². The summed E-state index contributed by atoms with van der Waals surface area (Å²) in [6, 6.07) is 20.1. The molecule has 0 radical (unpaired) electrons. The summed E-state index contributed by atoms with van der Waals surface area (Å²) in [6.45, 7) is 0. The third-order valence-corrected chi connectivity index (χ3v) is 4.22. The average molecular weight is 264 g/mol. The highest BCUT2D eigenvalue weighted by atomic mass is 16.3. The number of hydrogen-bond donors (Lipinski definition) is 1. The minimum Gasteiger partial charge on any atom is -0.380 e. The summed E-state index contributed by atoms with van der Waals surface area (Å²) in [5.41, 5.74) is 1.02. The molecule has 1 heteroatoms. The van der Waals surface area contributed by atoms with E-state index in [0.717, 1.165) is 30.4 Å². The van der Waals surface area contributed by atoms with Gasteiger partial charge in [-0.3, -0.25) is 0 Å². The molecule has 20 heavy (non-hydrogen) atoms. The van der Waals surface area contributed by atoms with E-state index in [4.69, 9.17) is 0 Å². The van der Waals surface area contributed by atoms with Crippen molar-refractivity contribution in [2.24, 2.45) is 5.92 Å². The van der Waals surface area contributed by atoms with Crippen molar-refractivity contribution >= 4 is 0 Å². The van der Waals surface area contributed by atoms with E-state index in [1.165, 1.54) is 0 Å². The lowest BCUT2D eigenvalue weighted by molar-refractivity contribution is 0.0303. The number of benzene rings is 2. The standard InChI is InChI=1S/C19H20O/c20-19(16-10-4-1-5-11-16,17-12-6-2-7-13-17)18-14-8-3-9-15-18/h1-2,4-8,10-14,18,20H,3,9,15H2. The fraction of sp³-hybridized carbons (Fsp3) is 0.263. The van der Waals surface area contributed by atoms with Crippen molar-refractivity contribution < 1.29 is 5.11 Å². The Morgan fingerprint density at radius 3 is 1.85 bits per heavy atom. The van der Waals surface area contributed by atoms with Crippen LogP contribution in [0, 0.1) is 5.92 Å². The number of hydrogen-bond acceptors (Lipinski definition) is 1. The zero-order chi connectivity index (χ0) is 13.8. The quantitative estimate of drug-likeness (QED) is 0.820. The Kier molecular flexibility index (Phi) is 3.70. The molecule has 0 saturated carbocycles. The summed E-state index contributed by atoms with van der Waals surface area (Å²) in [7, 11) is 0. The molecular weight excluding hydrogens is 244 g/mol. The van der Waals surface area contributed by atoms with Crippen molar-refractivity contribution in [1.29, 1.82) is 0 Å². The smallest absolute Gasteiger partial charge is 0.121 e. The minimum absolute atomic E-state index is 0.140. The first kappa shape index (κ1) is 13.1. The molecule has 1 unspecified atom stereocenters. The summed E-state index contributed by atoms with van der Waals surface area (Å²) in [5.74, 6) is 0.140. The van der Waals surface area contributed by atoms with Crippen molar-refractivity contribution in [1.82, 2.24) is 0 Å². The maximum Gasteiger partial charge on any atom is 0.121 e. The summed E-state index contributed by atoms with van der Waals surface area (Å²) in [4.78, 5) is 0. The number of rotatable bonds is 3. The van der Waals surface area contributed by atoms with Crippen LogP contribution < -0.4 is 0 Å². The Morgan fingerprint density at radius 1 is 0.850 bits per heavy atom. The molecule has 0 amide bonds. The summed E-state index contributed by atoms with van der Waals surface area (Å²) in [6.07, 6.45) is 7.67. The maximum atomic E-state index is 11.5. The molecular formula is C19H20O. The van der Waals surface area contributed by atoms with Gasteiger partial charge in [0.15, 0.2) is 0 Å². The highest BCUT2D eigenvalue weighted by Crippen LogP contribution is 2.41. The first-order valence-corrected chi connectivity index (χ1v) is 7.32. The molecule has 0 saturated heterocycles. The van der Waals surface area contributed by atoms with Gasteiger partial charge >= 0.3 is 0 Å². The molecule has 2 aromatic rings. The summed E-state index contributed by atoms with van der Waals surface area (Å²) in [5, 5.41) is 11.5. The van der Waals surface area contributed by atoms with Gasteiger partial charge in [-0.1, -0.05) is 72.8 Å². The Balaban J connectivity index is 2.12. The van der Waals surface area contributed by atoms with Gasteiger partial charge in [-0.15, -0.1) is 0 Å². The van der Waals surface area contributed by atoms with E-state index in [9.17, 15) is 5.11 Å². The Hall–Kier alpha value is -1.86. The summed E-state index contributed by atoms with van der Waals surface area (Å²) >= 11 is 0. The maximum absolute atomic E-state index is 11.5. The molecule has 1 nitrogen and oxygen atoms in total. The van der Waals surface area contributed by atoms with Gasteiger partial charge in [0.25, 0.3) is 0 Å². The molecule has 0 fully saturated rings. The molecule has 1 aliphatic rings. The fourth-order valence-electron chi connectivity index (χ4n) is 3.14. The lowest BCUT2D eigenvalue weighted by Gasteiger charge is -2.37. The Morgan fingerprint density at radius 2 is 1.40 bits per heavy atom. The normalized spacial score (nSPS) is 18.9. The van der Waals surface area contributed by atoms with Gasteiger partial charge in [-0.25, -0.2) is 0 Å². The Labute approximate surface area is 120 Å². The van der Waals surface area contributed by atoms with Crippen LogP contribution in [0.3, 0.4) is 0 Å². The second-order valence-electron chi connectivity index (χ2n) is 5.46. The SMILES string of the molecule is OC(c1ccccc1)(c1ccccc1)C1C=CCCC1. The summed E-state index contributed by atoms with van der Waals surface area (Å²) < 4.78 is 0. The first-order chi connectivity index (χ1) is 9.82. The number of allylic oxidation sites excluding steroid dienone is 1. The lowest BCUT2D eigenvalue weighted by Crippen LogP contribution is -2.36. The van der Waals surface area contributed by atoms with E-state index in [1.54, 1.807) is 0 Å². The molecule has 1 N–H and O–H groups in total. The Bertz CT molecular complexity index is 532. The van der Waals surface area contributed by atoms with E-state index >= 15 is 0 Å². The third kappa shape index (κ3) is 2.30. The van der Waals surface area contributed by atoms with Crippen LogP contribution in [0.5, 0.6) is 0 Å². The highest BCUT2D eigenvalue weighted by Gasteiger charge is 2.38. The molecule has 0 bridgehead atoms. The molecule has 0 aliphatic heterocycles. The van der Waals surface area contributed by atoms with Crippen molar-refractivity contribution in [2.75, 3.05) is 0 Å². The van der Waals surface area contributed by atoms with Crippen molar-refractivity contribution in [3.8, 4) is 0 Å². The van der Waals surface area contributed by atoms with Crippen LogP contribution in [0.15, 0.2) is 72.8 Å². The van der Waals surface area contributed by atoms with Crippen LogP contribution in [-0.4, -0.2) is 5.11 Å². The van der Waals surface area contributed by atoms with Crippen molar-refractivity contribution in [3.05, 3.63) is 83.9 Å². The second-order valence-corrected chi connectivity index (χ2v) is 5.46. The van der Waals surface area contributed by atoms with Crippen LogP contribution in [-0.2, 0) is 5.60 Å². The largest absolute Gasteiger partial charge is 0.380 e. The van der Waals surface area contributed by atoms with E-state index in [-0.39, 0.29) is 5.92 Å². The van der Waals surface area contributed by atoms with Gasteiger partial charge in [-0.2, -0.15) is 0 Å². The molecule has 0 aromatic heterocycles. The van der Waals surface area contributed by atoms with Crippen LogP contribution >= 0.6 is 0 Å². The molecule has 2 aromatic carbocycles. The van der Waals surface area contributed by atoms with Gasteiger partial charge < -0.3 is 5.11 Å². The molecule has 0 spiro atoms. The van der Waals surface area contributed by atoms with E-state index < -0.39 is 5.60 Å². The lowest BCUT2D eigenvalue weighted by atomic mass is 9.72. The van der Waals surface area contributed by atoms with E-state index in [0.29, 0.717) is 0 Å². The van der Waals surface area contributed by atoms with Crippen molar-refractivity contribution in [3.63, 3.8) is 0 Å². The predicted molar refractivity (Wildman–Crippen MR) is 82.4 cm³/mol. The molecule has 0 heterocycles. The predicted octanol–water partition coefficient (Wildman–Crippen LogP) is 4.28. The van der Waals surface area contributed by atoms with Gasteiger partial charge in [-0.05, 0) is 30.4 Å². The van der Waals surface area contributed by atoms with E-state index in [1.807, 2.05) is 60.7 Å². The average Bonchev–Trinajstić information content (AvgIpc) is 2.56. The number of aliphatic hydroxyl groups is 1. The second kappa shape index (κ2) is 5.64. The van der Waals surface area contributed by atoms with Gasteiger partial charge in [0.2, 0.25) is 0 Å². The topological polar surface area (TPSA) is 20.2 Å². The first-order valence-electron chi connectivity index (χ1n) is 7.32. The van der Waals surface area contributed by atoms with E-state index in [2.05, 4.69) is 12.2 Å². The molecule has 3 rings (SSSR count). The van der Waals surface area contributed by atoms with Crippen LogP contribution in [0.25, 0.3) is 0 Å². The van der Waals surface area contributed by atoms with Gasteiger partial charge in [0.05, 0.1) is 0 Å². The molecule has 102 valence electrons. The zero-order valence-corrected chi connectivity index (χ0v) is 11.6.